The zero-order valence-electron chi connectivity index (χ0n) is 72.8. The molecule has 42 heteroatoms. The fraction of sp³-hybridized carbons (Fsp3) is 0.300. The molecule has 0 radical (unpaired) electrons. The lowest BCUT2D eigenvalue weighted by atomic mass is 10.0. The highest BCUT2D eigenvalue weighted by atomic mass is 35.5. The molecular formula is C90H84Cl5F10N21O6. The highest BCUT2D eigenvalue weighted by Crippen LogP contribution is 2.47. The zero-order chi connectivity index (χ0) is 96.6. The fourth-order valence-corrected chi connectivity index (χ4v) is 17.6. The maximum Gasteiger partial charge on any atom is 0.355 e. The third-order valence-electron chi connectivity index (χ3n) is 23.0. The molecular weight excluding hydrogens is 1840 g/mol. The van der Waals surface area contributed by atoms with Gasteiger partial charge in [-0.25, -0.2) is 86.9 Å². The standard InChI is InChI=1S/2C30H28Cl2F3N7O2.C30H28ClF4N7O2/c1-6-18(43)40-9-10-41(15(5)12-40)28-16-11-17(33)26(19-22(34)20(31)23(35)21(32)24(19)36)38-29(16)42(30(44)39-28)27-14(4)7-8-37-25(27)13(2)3;1-6-18(43)40-9-10-41(15(5)12-40)28-16-11-17(33)26(19-20(31)22(34)23(35)24(36)21(19)32)38-29(16)42(30(44)39-28)27-14(4)7-8-37-25(27)13(2)3;1-6-18(43)40-9-10-41(15(5)12-40)28-16-11-17(32)26(19-21(33)20(31)22(34)23(35)24(19)36)38-29(16)42(30(44)39-28)27-14(4)7-8-37-25(27)13(2)3/h3*6-8,11,13,15H,1,9-10,12,36H2,2-5H3/t3*15-/m000/s1. The van der Waals surface area contributed by atoms with Crippen LogP contribution in [-0.2, 0) is 14.4 Å². The van der Waals surface area contributed by atoms with Crippen LogP contribution >= 0.6 is 58.0 Å². The Hall–Kier alpha value is -12.8. The first-order valence-corrected chi connectivity index (χ1v) is 42.9. The second-order valence-corrected chi connectivity index (χ2v) is 34.4. The van der Waals surface area contributed by atoms with E-state index < -0.39 is 151 Å². The summed E-state index contributed by atoms with van der Waals surface area (Å²) in [7, 11) is 0. The lowest BCUT2D eigenvalue weighted by Crippen LogP contribution is -2.54. The van der Waals surface area contributed by atoms with E-state index >= 15 is 22.0 Å². The second kappa shape index (κ2) is 38.2. The Morgan fingerprint density at radius 1 is 0.386 bits per heavy atom. The number of fused-ring (bicyclic) bond motifs is 3. The van der Waals surface area contributed by atoms with Crippen molar-refractivity contribution in [1.82, 2.24) is 73.3 Å². The number of carbonyl (C=O) groups is 3. The molecule has 3 atom stereocenters. The van der Waals surface area contributed by atoms with Crippen molar-refractivity contribution in [3.63, 3.8) is 0 Å². The minimum Gasteiger partial charge on any atom is -0.397 e. The lowest BCUT2D eigenvalue weighted by molar-refractivity contribution is -0.127. The van der Waals surface area contributed by atoms with Gasteiger partial charge in [0.25, 0.3) is 0 Å². The van der Waals surface area contributed by atoms with E-state index in [1.165, 1.54) is 27.4 Å². The summed E-state index contributed by atoms with van der Waals surface area (Å²) in [4.78, 5) is 129. The number of aromatic nitrogens is 12. The smallest absolute Gasteiger partial charge is 0.355 e. The number of nitrogen functional groups attached to an aromatic ring is 3. The Morgan fingerprint density at radius 2 is 0.674 bits per heavy atom. The maximum absolute atomic E-state index is 16.1. The van der Waals surface area contributed by atoms with E-state index in [0.29, 0.717) is 77.0 Å². The van der Waals surface area contributed by atoms with Crippen LogP contribution in [0.2, 0.25) is 25.1 Å². The van der Waals surface area contributed by atoms with Gasteiger partial charge >= 0.3 is 17.1 Å². The number of rotatable bonds is 15. The fourth-order valence-electron chi connectivity index (χ4n) is 16.4. The third-order valence-corrected chi connectivity index (χ3v) is 24.7. The summed E-state index contributed by atoms with van der Waals surface area (Å²) >= 11 is 29.9. The van der Waals surface area contributed by atoms with Crippen LogP contribution in [0.4, 0.5) is 78.4 Å². The number of hydrogen-bond donors (Lipinski definition) is 3. The second-order valence-electron chi connectivity index (χ2n) is 32.5. The molecule has 12 heterocycles. The van der Waals surface area contributed by atoms with E-state index in [4.69, 9.17) is 75.2 Å². The monoisotopic (exact) mass is 1920 g/mol. The normalized spacial score (nSPS) is 15.4. The topological polar surface area (TPSA) is 331 Å². The van der Waals surface area contributed by atoms with Crippen LogP contribution in [0.3, 0.4) is 0 Å². The number of pyridine rings is 6. The van der Waals surface area contributed by atoms with Crippen LogP contribution in [0.25, 0.3) is 83.9 Å². The van der Waals surface area contributed by atoms with Crippen LogP contribution in [0.15, 0.2) is 107 Å². The van der Waals surface area contributed by atoms with Crippen molar-refractivity contribution in [3.8, 4) is 50.8 Å². The number of nitrogens with two attached hydrogens (primary N) is 3. The molecule has 3 saturated heterocycles. The summed E-state index contributed by atoms with van der Waals surface area (Å²) in [5.74, 6) is -14.7. The average Bonchev–Trinajstić information content (AvgIpc) is 0.735. The highest BCUT2D eigenvalue weighted by molar-refractivity contribution is 6.41. The Labute approximate surface area is 772 Å². The summed E-state index contributed by atoms with van der Waals surface area (Å²) in [6, 6.07) is 7.18. The largest absolute Gasteiger partial charge is 0.397 e. The average molecular weight is 1920 g/mol. The van der Waals surface area contributed by atoms with Crippen molar-refractivity contribution >= 4 is 143 Å². The molecule has 0 bridgehead atoms. The van der Waals surface area contributed by atoms with E-state index in [-0.39, 0.29) is 137 Å². The predicted octanol–water partition coefficient (Wildman–Crippen LogP) is 16.9. The molecule has 6 N–H and O–H groups in total. The van der Waals surface area contributed by atoms with Crippen LogP contribution in [-0.4, -0.2) is 168 Å². The van der Waals surface area contributed by atoms with Crippen molar-refractivity contribution in [3.05, 3.63) is 241 Å². The van der Waals surface area contributed by atoms with E-state index in [1.807, 2.05) is 55.4 Å². The zero-order valence-corrected chi connectivity index (χ0v) is 76.6. The minimum atomic E-state index is -1.73. The molecule has 132 heavy (non-hydrogen) atoms. The number of benzene rings is 3. The predicted molar refractivity (Wildman–Crippen MR) is 490 cm³/mol. The van der Waals surface area contributed by atoms with Gasteiger partial charge in [0.2, 0.25) is 17.7 Å². The number of amides is 3. The van der Waals surface area contributed by atoms with Crippen molar-refractivity contribution in [1.29, 1.82) is 0 Å². The van der Waals surface area contributed by atoms with Gasteiger partial charge in [-0.3, -0.25) is 29.3 Å². The molecule has 3 fully saturated rings. The molecule has 3 aliphatic rings. The number of aryl methyl sites for hydroxylation is 3. The summed E-state index contributed by atoms with van der Waals surface area (Å²) in [5.41, 5.74) is 12.9. The Kier molecular flexibility index (Phi) is 28.0. The van der Waals surface area contributed by atoms with Gasteiger partial charge in [-0.15, -0.1) is 0 Å². The van der Waals surface area contributed by atoms with Crippen LogP contribution in [0.1, 0.15) is 114 Å². The molecule has 9 aromatic heterocycles. The molecule has 0 saturated carbocycles. The van der Waals surface area contributed by atoms with Crippen molar-refractivity contribution < 1.29 is 58.3 Å². The van der Waals surface area contributed by atoms with E-state index in [9.17, 15) is 50.7 Å². The van der Waals surface area contributed by atoms with Gasteiger partial charge in [0.15, 0.2) is 69.3 Å². The van der Waals surface area contributed by atoms with Crippen LogP contribution in [0, 0.1) is 78.9 Å². The van der Waals surface area contributed by atoms with Gasteiger partial charge in [0, 0.05) is 101 Å². The van der Waals surface area contributed by atoms with Crippen molar-refractivity contribution in [2.24, 2.45) is 0 Å². The minimum absolute atomic E-state index is 0.0540. The van der Waals surface area contributed by atoms with Crippen molar-refractivity contribution in [2.75, 3.05) is 90.8 Å². The molecule has 0 spiro atoms. The molecule has 15 rings (SSSR count). The van der Waals surface area contributed by atoms with Gasteiger partial charge in [0.05, 0.1) is 88.5 Å². The summed E-state index contributed by atoms with van der Waals surface area (Å²) in [6.45, 7) is 35.2. The van der Waals surface area contributed by atoms with E-state index in [2.05, 4.69) is 64.6 Å². The van der Waals surface area contributed by atoms with Gasteiger partial charge in [-0.2, -0.15) is 15.0 Å². The van der Waals surface area contributed by atoms with Gasteiger partial charge < -0.3 is 46.6 Å². The molecule has 690 valence electrons. The molecule has 3 aromatic carbocycles. The quantitative estimate of drug-likeness (QED) is 0.0282. The Balaban J connectivity index is 0.000000168. The number of piperazine rings is 3. The molecule has 27 nitrogen and oxygen atoms in total. The van der Waals surface area contributed by atoms with Gasteiger partial charge in [0.1, 0.15) is 55.4 Å². The van der Waals surface area contributed by atoms with Gasteiger partial charge in [-0.1, -0.05) is 119 Å². The number of nitrogens with zero attached hydrogens (tertiary/aromatic N) is 18. The summed E-state index contributed by atoms with van der Waals surface area (Å²) in [5, 5.41) is -3.96. The molecule has 0 aliphatic carbocycles. The number of hydrogen-bond acceptors (Lipinski definition) is 21. The Morgan fingerprint density at radius 3 is 0.977 bits per heavy atom. The van der Waals surface area contributed by atoms with E-state index in [1.54, 1.807) is 93.9 Å². The summed E-state index contributed by atoms with van der Waals surface area (Å²) in [6.07, 6.45) is 8.44. The lowest BCUT2D eigenvalue weighted by Gasteiger charge is -2.40. The maximum atomic E-state index is 16.1. The molecule has 12 aromatic rings. The van der Waals surface area contributed by atoms with Crippen molar-refractivity contribution in [2.45, 2.75) is 119 Å². The first kappa shape index (κ1) is 96.7. The SMILES string of the molecule is C=CC(=O)N1CCN(c2nc(=O)n(-c3c(C)ccnc3C(C)C)c3nc(-c4c(Cl)c(N)c(F)c(F)c4Cl)c(F)cc23)[C@@H](C)C1.C=CC(=O)N1CCN(c2nc(=O)n(-c3c(C)ccnc3C(C)C)c3nc(-c4c(N)c(Cl)c(F)c(Cl)c4F)c(F)cc23)[C@@H](C)C1.C=CC(=O)N1CCN(c2nc(=O)n(-c3c(C)ccnc3C(C)C)c3nc(-c4c(N)c(F)c(F)c(Cl)c4F)c(F)cc23)[C@@H](C)C1. The number of halogens is 15. The molecule has 0 unspecified atom stereocenters. The van der Waals surface area contributed by atoms with E-state index in [0.717, 1.165) is 22.8 Å². The molecule has 3 aliphatic heterocycles. The highest BCUT2D eigenvalue weighted by Gasteiger charge is 2.39. The third kappa shape index (κ3) is 17.3. The first-order chi connectivity index (χ1) is 62.3. The van der Waals surface area contributed by atoms with Crippen LogP contribution < -0.4 is 49.0 Å². The van der Waals surface area contributed by atoms with Crippen LogP contribution in [0.5, 0.6) is 0 Å². The summed E-state index contributed by atoms with van der Waals surface area (Å²) < 4.78 is 155. The Bertz CT molecular complexity index is 6310. The van der Waals surface area contributed by atoms with Gasteiger partial charge in [-0.05, 0) is 131 Å². The number of carbonyl (C=O) groups excluding carboxylic acids is 3. The molecule has 3 amide bonds. The first-order valence-electron chi connectivity index (χ1n) is 41.0. The number of anilines is 6.